The summed E-state index contributed by atoms with van der Waals surface area (Å²) in [6.45, 7) is 5.36. The summed E-state index contributed by atoms with van der Waals surface area (Å²) in [5.41, 5.74) is 2.21. The number of fused-ring (bicyclic) bond motifs is 1. The average molecular weight is 356 g/mol. The molecule has 2 aromatic heterocycles. The minimum Gasteiger partial charge on any atom is -0.349 e. The van der Waals surface area contributed by atoms with Gasteiger partial charge in [-0.15, -0.1) is 0 Å². The molecule has 1 aliphatic carbocycles. The molecule has 7 nitrogen and oxygen atoms in total. The van der Waals surface area contributed by atoms with Gasteiger partial charge in [-0.3, -0.25) is 14.4 Å². The predicted octanol–water partition coefficient (Wildman–Crippen LogP) is 2.11. The lowest BCUT2D eigenvalue weighted by atomic mass is 9.94. The molecule has 140 valence electrons. The van der Waals surface area contributed by atoms with Gasteiger partial charge in [-0.2, -0.15) is 5.10 Å². The van der Waals surface area contributed by atoms with Crippen molar-refractivity contribution in [2.24, 2.45) is 0 Å². The quantitative estimate of drug-likeness (QED) is 0.891. The van der Waals surface area contributed by atoms with Crippen LogP contribution >= 0.6 is 0 Å². The highest BCUT2D eigenvalue weighted by Gasteiger charge is 2.26. The molecule has 0 aromatic carbocycles. The van der Waals surface area contributed by atoms with Gasteiger partial charge < -0.3 is 9.88 Å². The largest absolute Gasteiger partial charge is 0.349 e. The van der Waals surface area contributed by atoms with Crippen molar-refractivity contribution in [2.45, 2.75) is 70.7 Å². The van der Waals surface area contributed by atoms with Crippen LogP contribution in [0.1, 0.15) is 56.5 Å². The van der Waals surface area contributed by atoms with Gasteiger partial charge in [0.15, 0.2) is 0 Å². The summed E-state index contributed by atoms with van der Waals surface area (Å²) in [6, 6.07) is 2.63. The van der Waals surface area contributed by atoms with Crippen LogP contribution in [-0.4, -0.2) is 42.7 Å². The van der Waals surface area contributed by atoms with E-state index >= 15 is 0 Å². The Hall–Kier alpha value is -2.15. The van der Waals surface area contributed by atoms with E-state index in [0.717, 1.165) is 31.4 Å². The van der Waals surface area contributed by atoms with E-state index < -0.39 is 0 Å². The maximum atomic E-state index is 12.3. The van der Waals surface area contributed by atoms with Crippen LogP contribution in [0, 0.1) is 0 Å². The fourth-order valence-corrected chi connectivity index (χ4v) is 4.15. The monoisotopic (exact) mass is 356 g/mol. The molecule has 0 spiro atoms. The standard InChI is InChI=1S/C19H28N6O/c1-15(24-8-7-20-14-24)19(26)21-12-16-11-18-13-23(9-10-25(18)22-16)17-5-3-2-4-6-17/h7-8,11,14-15,17H,2-6,9-10,12-13H2,1H3,(H,21,26)/t15-/m0/s1. The van der Waals surface area contributed by atoms with Crippen LogP contribution in [0.5, 0.6) is 0 Å². The molecule has 4 rings (SSSR count). The Bertz CT molecular complexity index is 731. The number of hydrogen-bond donors (Lipinski definition) is 1. The Labute approximate surface area is 154 Å². The molecule has 2 aromatic rings. The van der Waals surface area contributed by atoms with Gasteiger partial charge in [0, 0.05) is 31.5 Å². The van der Waals surface area contributed by atoms with E-state index in [9.17, 15) is 4.79 Å². The van der Waals surface area contributed by atoms with Gasteiger partial charge in [-0.05, 0) is 25.8 Å². The number of hydrogen-bond acceptors (Lipinski definition) is 4. The zero-order chi connectivity index (χ0) is 17.9. The van der Waals surface area contributed by atoms with Gasteiger partial charge in [0.25, 0.3) is 0 Å². The SMILES string of the molecule is C[C@@H](C(=O)NCc1cc2n(n1)CCN(C1CCCCC1)C2)n1ccnc1. The fourth-order valence-electron chi connectivity index (χ4n) is 4.15. The number of nitrogens with one attached hydrogen (secondary N) is 1. The molecule has 0 bridgehead atoms. The summed E-state index contributed by atoms with van der Waals surface area (Å²) < 4.78 is 3.91. The minimum absolute atomic E-state index is 0.0159. The first kappa shape index (κ1) is 17.3. The lowest BCUT2D eigenvalue weighted by Gasteiger charge is -2.36. The third-order valence-corrected chi connectivity index (χ3v) is 5.76. The highest BCUT2D eigenvalue weighted by Crippen LogP contribution is 2.26. The maximum absolute atomic E-state index is 12.3. The molecule has 1 amide bonds. The van der Waals surface area contributed by atoms with E-state index in [1.165, 1.54) is 37.8 Å². The van der Waals surface area contributed by atoms with E-state index in [1.54, 1.807) is 23.3 Å². The molecule has 1 N–H and O–H groups in total. The zero-order valence-electron chi connectivity index (χ0n) is 15.5. The molecule has 26 heavy (non-hydrogen) atoms. The number of aromatic nitrogens is 4. The number of carbonyl (C=O) groups excluding carboxylic acids is 1. The van der Waals surface area contributed by atoms with E-state index in [-0.39, 0.29) is 11.9 Å². The third-order valence-electron chi connectivity index (χ3n) is 5.76. The van der Waals surface area contributed by atoms with Gasteiger partial charge >= 0.3 is 0 Å². The van der Waals surface area contributed by atoms with Gasteiger partial charge in [-0.25, -0.2) is 4.98 Å². The number of imidazole rings is 1. The molecule has 2 aliphatic rings. The summed E-state index contributed by atoms with van der Waals surface area (Å²) in [4.78, 5) is 18.9. The second-order valence-electron chi connectivity index (χ2n) is 7.52. The second-order valence-corrected chi connectivity index (χ2v) is 7.52. The van der Waals surface area contributed by atoms with Crippen LogP contribution in [0.4, 0.5) is 0 Å². The Morgan fingerprint density at radius 1 is 1.31 bits per heavy atom. The number of carbonyl (C=O) groups is 1. The Kier molecular flexibility index (Phi) is 5.06. The van der Waals surface area contributed by atoms with Crippen molar-refractivity contribution in [3.8, 4) is 0 Å². The molecule has 1 atom stereocenters. The Morgan fingerprint density at radius 3 is 2.92 bits per heavy atom. The lowest BCUT2D eigenvalue weighted by Crippen LogP contribution is -2.42. The Morgan fingerprint density at radius 2 is 2.15 bits per heavy atom. The molecule has 1 fully saturated rings. The van der Waals surface area contributed by atoms with Crippen molar-refractivity contribution in [3.63, 3.8) is 0 Å². The van der Waals surface area contributed by atoms with Crippen molar-refractivity contribution in [1.29, 1.82) is 0 Å². The molecular weight excluding hydrogens is 328 g/mol. The number of nitrogens with zero attached hydrogens (tertiary/aromatic N) is 5. The first-order valence-electron chi connectivity index (χ1n) is 9.75. The summed E-state index contributed by atoms with van der Waals surface area (Å²) in [7, 11) is 0. The van der Waals surface area contributed by atoms with Crippen molar-refractivity contribution >= 4 is 5.91 Å². The van der Waals surface area contributed by atoms with Gasteiger partial charge in [0.1, 0.15) is 6.04 Å². The van der Waals surface area contributed by atoms with Gasteiger partial charge in [0.2, 0.25) is 5.91 Å². The van der Waals surface area contributed by atoms with E-state index in [4.69, 9.17) is 0 Å². The second kappa shape index (κ2) is 7.61. The minimum atomic E-state index is -0.267. The highest BCUT2D eigenvalue weighted by atomic mass is 16.2. The van der Waals surface area contributed by atoms with E-state index in [1.807, 2.05) is 6.92 Å². The van der Waals surface area contributed by atoms with Gasteiger partial charge in [-0.1, -0.05) is 19.3 Å². The number of amides is 1. The number of rotatable bonds is 5. The molecule has 1 saturated carbocycles. The highest BCUT2D eigenvalue weighted by molar-refractivity contribution is 5.79. The zero-order valence-corrected chi connectivity index (χ0v) is 15.5. The third kappa shape index (κ3) is 3.67. The topological polar surface area (TPSA) is 68.0 Å². The van der Waals surface area contributed by atoms with Crippen LogP contribution in [0.2, 0.25) is 0 Å². The summed E-state index contributed by atoms with van der Waals surface area (Å²) >= 11 is 0. The predicted molar refractivity (Wildman–Crippen MR) is 98.3 cm³/mol. The summed E-state index contributed by atoms with van der Waals surface area (Å²) in [5.74, 6) is -0.0159. The van der Waals surface area contributed by atoms with Crippen LogP contribution in [0.15, 0.2) is 24.8 Å². The molecular formula is C19H28N6O. The fraction of sp³-hybridized carbons (Fsp3) is 0.632. The Balaban J connectivity index is 1.33. The summed E-state index contributed by atoms with van der Waals surface area (Å²) in [5, 5.41) is 7.67. The van der Waals surface area contributed by atoms with Crippen LogP contribution in [0.3, 0.4) is 0 Å². The molecule has 0 saturated heterocycles. The molecule has 0 radical (unpaired) electrons. The first-order valence-corrected chi connectivity index (χ1v) is 9.75. The van der Waals surface area contributed by atoms with Gasteiger partial charge in [0.05, 0.1) is 30.8 Å². The van der Waals surface area contributed by atoms with E-state index in [0.29, 0.717) is 6.54 Å². The average Bonchev–Trinajstić information content (AvgIpc) is 3.35. The van der Waals surface area contributed by atoms with Crippen molar-refractivity contribution in [3.05, 3.63) is 36.2 Å². The maximum Gasteiger partial charge on any atom is 0.243 e. The normalized spacial score (nSPS) is 19.9. The van der Waals surface area contributed by atoms with Crippen LogP contribution in [0.25, 0.3) is 0 Å². The molecule has 1 aliphatic heterocycles. The molecule has 7 heteroatoms. The summed E-state index contributed by atoms with van der Waals surface area (Å²) in [6.07, 6.45) is 12.0. The smallest absolute Gasteiger partial charge is 0.243 e. The first-order chi connectivity index (χ1) is 12.7. The molecule has 3 heterocycles. The van der Waals surface area contributed by atoms with Crippen molar-refractivity contribution < 1.29 is 4.79 Å². The van der Waals surface area contributed by atoms with Crippen molar-refractivity contribution in [2.75, 3.05) is 6.54 Å². The molecule has 0 unspecified atom stereocenters. The lowest BCUT2D eigenvalue weighted by molar-refractivity contribution is -0.124. The van der Waals surface area contributed by atoms with Crippen LogP contribution < -0.4 is 5.32 Å². The van der Waals surface area contributed by atoms with E-state index in [2.05, 4.69) is 31.0 Å². The van der Waals surface area contributed by atoms with Crippen LogP contribution in [-0.2, 0) is 24.4 Å². The van der Waals surface area contributed by atoms with Crippen molar-refractivity contribution in [1.82, 2.24) is 29.5 Å².